The molecule has 0 saturated carbocycles. The number of ether oxygens (including phenoxy) is 2. The molecule has 1 N–H and O–H groups in total. The van der Waals surface area contributed by atoms with E-state index < -0.39 is 29.6 Å². The summed E-state index contributed by atoms with van der Waals surface area (Å²) in [7, 11) is 1.34. The summed E-state index contributed by atoms with van der Waals surface area (Å²) in [5, 5.41) is 12.5. The standard InChI is InChI=1S/C32H40FN5O4/c1-20-16-25-36-24(28(39)35-23(18-34)17-21-8-10-22(33)11-9-21)19-38(25)29(37-14-12-32(5,6)13-15-37)26(20)27(30(40)41-7)42-31(2,3)4/h8-11,16,19,23,27H,12-15,17H2,1-7H3,(H,35,39). The highest BCUT2D eigenvalue weighted by Crippen LogP contribution is 2.39. The topological polar surface area (TPSA) is 109 Å². The first-order valence-electron chi connectivity index (χ1n) is 14.2. The highest BCUT2D eigenvalue weighted by atomic mass is 19.1. The predicted octanol–water partition coefficient (Wildman–Crippen LogP) is 5.30. The van der Waals surface area contributed by atoms with Crippen molar-refractivity contribution in [2.24, 2.45) is 5.41 Å². The summed E-state index contributed by atoms with van der Waals surface area (Å²) >= 11 is 0. The molecule has 224 valence electrons. The first-order valence-corrected chi connectivity index (χ1v) is 14.2. The lowest BCUT2D eigenvalue weighted by Crippen LogP contribution is -2.40. The predicted molar refractivity (Wildman–Crippen MR) is 158 cm³/mol. The number of nitrogens with one attached hydrogen (secondary N) is 1. The number of carbonyl (C=O) groups is 2. The van der Waals surface area contributed by atoms with Gasteiger partial charge in [-0.2, -0.15) is 5.26 Å². The number of esters is 1. The minimum absolute atomic E-state index is 0.135. The van der Waals surface area contributed by atoms with Gasteiger partial charge in [0.1, 0.15) is 29.0 Å². The van der Waals surface area contributed by atoms with E-state index in [0.717, 1.165) is 42.9 Å². The molecule has 2 aromatic heterocycles. The molecule has 9 nitrogen and oxygen atoms in total. The van der Waals surface area contributed by atoms with Crippen LogP contribution in [-0.4, -0.2) is 53.1 Å². The molecular formula is C32H40FN5O4. The largest absolute Gasteiger partial charge is 0.467 e. The Morgan fingerprint density at radius 3 is 2.40 bits per heavy atom. The number of anilines is 1. The molecule has 1 aliphatic rings. The lowest BCUT2D eigenvalue weighted by atomic mass is 9.82. The van der Waals surface area contributed by atoms with Gasteiger partial charge in [0.2, 0.25) is 0 Å². The third kappa shape index (κ3) is 7.08. The van der Waals surface area contributed by atoms with Crippen LogP contribution >= 0.6 is 0 Å². The molecule has 2 unspecified atom stereocenters. The van der Waals surface area contributed by atoms with Crippen molar-refractivity contribution < 1.29 is 23.5 Å². The molecule has 1 fully saturated rings. The number of aromatic nitrogens is 2. The van der Waals surface area contributed by atoms with Gasteiger partial charge >= 0.3 is 5.97 Å². The number of fused-ring (bicyclic) bond motifs is 1. The van der Waals surface area contributed by atoms with Crippen LogP contribution in [0.1, 0.15) is 80.7 Å². The Bertz CT molecular complexity index is 1490. The highest BCUT2D eigenvalue weighted by Gasteiger charge is 2.36. The number of amides is 1. The van der Waals surface area contributed by atoms with E-state index in [4.69, 9.17) is 9.47 Å². The van der Waals surface area contributed by atoms with E-state index in [-0.39, 0.29) is 23.3 Å². The first-order chi connectivity index (χ1) is 19.7. The zero-order chi connectivity index (χ0) is 30.8. The second-order valence-electron chi connectivity index (χ2n) is 12.7. The van der Waals surface area contributed by atoms with Gasteiger partial charge in [0.15, 0.2) is 6.10 Å². The van der Waals surface area contributed by atoms with Gasteiger partial charge in [0.05, 0.1) is 18.8 Å². The lowest BCUT2D eigenvalue weighted by Gasteiger charge is -2.40. The number of pyridine rings is 1. The van der Waals surface area contributed by atoms with E-state index in [2.05, 4.69) is 35.1 Å². The van der Waals surface area contributed by atoms with Crippen molar-refractivity contribution in [1.82, 2.24) is 14.7 Å². The molecule has 1 aromatic carbocycles. The summed E-state index contributed by atoms with van der Waals surface area (Å²) in [5.41, 5.74) is 2.38. The van der Waals surface area contributed by atoms with E-state index >= 15 is 0 Å². The van der Waals surface area contributed by atoms with Gasteiger partial charge < -0.3 is 19.7 Å². The summed E-state index contributed by atoms with van der Waals surface area (Å²) in [5.74, 6) is -0.657. The zero-order valence-corrected chi connectivity index (χ0v) is 25.5. The van der Waals surface area contributed by atoms with Crippen LogP contribution in [0.2, 0.25) is 0 Å². The summed E-state index contributed by atoms with van der Waals surface area (Å²) in [6.07, 6.45) is 2.75. The van der Waals surface area contributed by atoms with Crippen LogP contribution in [0, 0.1) is 29.5 Å². The number of halogens is 1. The summed E-state index contributed by atoms with van der Waals surface area (Å²) in [6, 6.07) is 8.92. The molecule has 0 spiro atoms. The molecule has 0 bridgehead atoms. The number of piperidine rings is 1. The van der Waals surface area contributed by atoms with Gasteiger partial charge in [-0.3, -0.25) is 9.20 Å². The molecule has 1 aliphatic heterocycles. The second kappa shape index (κ2) is 12.1. The van der Waals surface area contributed by atoms with Crippen LogP contribution in [0.15, 0.2) is 36.5 Å². The highest BCUT2D eigenvalue weighted by molar-refractivity contribution is 5.93. The number of imidazole rings is 1. The van der Waals surface area contributed by atoms with Gasteiger partial charge in [-0.25, -0.2) is 14.2 Å². The minimum Gasteiger partial charge on any atom is -0.467 e. The normalized spacial score (nSPS) is 16.5. The fourth-order valence-corrected chi connectivity index (χ4v) is 5.23. The van der Waals surface area contributed by atoms with E-state index in [9.17, 15) is 19.2 Å². The van der Waals surface area contributed by atoms with Crippen LogP contribution in [0.3, 0.4) is 0 Å². The molecule has 1 saturated heterocycles. The van der Waals surface area contributed by atoms with Crippen molar-refractivity contribution >= 4 is 23.3 Å². The summed E-state index contributed by atoms with van der Waals surface area (Å²) < 4.78 is 26.6. The Morgan fingerprint density at radius 2 is 1.83 bits per heavy atom. The van der Waals surface area contributed by atoms with E-state index in [1.165, 1.54) is 19.2 Å². The average Bonchev–Trinajstić information content (AvgIpc) is 3.35. The van der Waals surface area contributed by atoms with Crippen LogP contribution in [-0.2, 0) is 20.7 Å². The molecule has 42 heavy (non-hydrogen) atoms. The fourth-order valence-electron chi connectivity index (χ4n) is 5.23. The van der Waals surface area contributed by atoms with E-state index in [0.29, 0.717) is 11.2 Å². The number of nitrogens with zero attached hydrogens (tertiary/aromatic N) is 4. The van der Waals surface area contributed by atoms with Gasteiger partial charge in [-0.15, -0.1) is 0 Å². The number of benzene rings is 1. The third-order valence-corrected chi connectivity index (χ3v) is 7.59. The van der Waals surface area contributed by atoms with Gasteiger partial charge in [0, 0.05) is 31.3 Å². The number of carbonyl (C=O) groups excluding carboxylic acids is 2. The fraction of sp³-hybridized carbons (Fsp3) is 0.500. The Kier molecular flexibility index (Phi) is 8.92. The Hall–Kier alpha value is -3.97. The Balaban J connectivity index is 1.77. The second-order valence-corrected chi connectivity index (χ2v) is 12.7. The molecule has 4 rings (SSSR count). The maximum absolute atomic E-state index is 13.3. The minimum atomic E-state index is -0.998. The molecule has 3 aromatic rings. The Morgan fingerprint density at radius 1 is 1.19 bits per heavy atom. The molecule has 1 amide bonds. The number of rotatable bonds is 8. The first kappa shape index (κ1) is 31.0. The van der Waals surface area contributed by atoms with Gasteiger partial charge in [-0.1, -0.05) is 26.0 Å². The molecular weight excluding hydrogens is 537 g/mol. The van der Waals surface area contributed by atoms with Crippen molar-refractivity contribution in [1.29, 1.82) is 5.26 Å². The van der Waals surface area contributed by atoms with Crippen molar-refractivity contribution in [3.63, 3.8) is 0 Å². The number of aryl methyl sites for hydroxylation is 1. The average molecular weight is 578 g/mol. The third-order valence-electron chi connectivity index (χ3n) is 7.59. The van der Waals surface area contributed by atoms with Crippen molar-refractivity contribution in [2.45, 2.75) is 78.6 Å². The lowest BCUT2D eigenvalue weighted by molar-refractivity contribution is -0.164. The molecule has 0 radical (unpaired) electrons. The quantitative estimate of drug-likeness (QED) is 0.362. The van der Waals surface area contributed by atoms with Crippen LogP contribution in [0.25, 0.3) is 5.65 Å². The Labute approximate surface area is 246 Å². The van der Waals surface area contributed by atoms with Crippen molar-refractivity contribution in [2.75, 3.05) is 25.1 Å². The number of hydrogen-bond acceptors (Lipinski definition) is 7. The SMILES string of the molecule is COC(=O)C(OC(C)(C)C)c1c(C)cc2nc(C(=O)NC(C#N)Cc3ccc(F)cc3)cn2c1N1CCC(C)(C)CC1. The smallest absolute Gasteiger partial charge is 0.339 e. The van der Waals surface area contributed by atoms with Crippen LogP contribution < -0.4 is 10.2 Å². The molecule has 3 heterocycles. The monoisotopic (exact) mass is 577 g/mol. The molecule has 2 atom stereocenters. The molecule has 0 aliphatic carbocycles. The van der Waals surface area contributed by atoms with Crippen LogP contribution in [0.4, 0.5) is 10.2 Å². The van der Waals surface area contributed by atoms with Gasteiger partial charge in [-0.05, 0) is 75.3 Å². The van der Waals surface area contributed by atoms with Crippen LogP contribution in [0.5, 0.6) is 0 Å². The zero-order valence-electron chi connectivity index (χ0n) is 25.5. The number of methoxy groups -OCH3 is 1. The maximum Gasteiger partial charge on any atom is 0.339 e. The van der Waals surface area contributed by atoms with Crippen molar-refractivity contribution in [3.05, 3.63) is 64.7 Å². The van der Waals surface area contributed by atoms with Gasteiger partial charge in [0.25, 0.3) is 5.91 Å². The molecule has 10 heteroatoms. The van der Waals surface area contributed by atoms with E-state index in [1.54, 1.807) is 18.3 Å². The summed E-state index contributed by atoms with van der Waals surface area (Å²) in [4.78, 5) is 33.3. The van der Waals surface area contributed by atoms with E-state index in [1.807, 2.05) is 38.2 Å². The maximum atomic E-state index is 13.3. The number of nitriles is 1. The summed E-state index contributed by atoms with van der Waals surface area (Å²) in [6.45, 7) is 13.5. The van der Waals surface area contributed by atoms with Crippen molar-refractivity contribution in [3.8, 4) is 6.07 Å². The number of hydrogen-bond donors (Lipinski definition) is 1.